The Labute approximate surface area is 182 Å². The summed E-state index contributed by atoms with van der Waals surface area (Å²) in [4.78, 5) is 28.6. The summed E-state index contributed by atoms with van der Waals surface area (Å²) in [6, 6.07) is 12.0. The van der Waals surface area contributed by atoms with Gasteiger partial charge in [-0.25, -0.2) is 23.3 Å². The molecule has 0 saturated heterocycles. The number of hydrogen-bond acceptors (Lipinski definition) is 7. The maximum atomic E-state index is 12.2. The Morgan fingerprint density at radius 1 is 1.06 bits per heavy atom. The number of hydrogen-bond donors (Lipinski definition) is 4. The number of para-hydroxylation sites is 2. The molecular weight excluding hydrogens is 442 g/mol. The summed E-state index contributed by atoms with van der Waals surface area (Å²) in [7, 11) is -2.29. The molecule has 0 atom stereocenters. The molecule has 0 bridgehead atoms. The van der Waals surface area contributed by atoms with Gasteiger partial charge in [-0.3, -0.25) is 10.1 Å². The summed E-state index contributed by atoms with van der Waals surface area (Å²) in [6.45, 7) is 0. The SMILES string of the molecule is COc1ccccc1NC(=O)Nc1nc(CC(=O)Nc2ccc(S(N)(=O)=O)cc2)cs1. The first-order valence-corrected chi connectivity index (χ1v) is 11.3. The molecule has 3 rings (SSSR count). The van der Waals surface area contributed by atoms with Crippen LogP contribution in [0.4, 0.5) is 21.3 Å². The van der Waals surface area contributed by atoms with Gasteiger partial charge in [0.25, 0.3) is 0 Å². The van der Waals surface area contributed by atoms with Crippen molar-refractivity contribution in [2.45, 2.75) is 11.3 Å². The predicted octanol–water partition coefficient (Wildman–Crippen LogP) is 2.62. The molecule has 31 heavy (non-hydrogen) atoms. The van der Waals surface area contributed by atoms with Crippen LogP contribution in [-0.4, -0.2) is 32.4 Å². The summed E-state index contributed by atoms with van der Waals surface area (Å²) in [5.74, 6) is 0.171. The number of thiazole rings is 1. The van der Waals surface area contributed by atoms with Crippen LogP contribution in [0.5, 0.6) is 5.75 Å². The number of aromatic nitrogens is 1. The zero-order valence-corrected chi connectivity index (χ0v) is 17.9. The van der Waals surface area contributed by atoms with E-state index in [9.17, 15) is 18.0 Å². The summed E-state index contributed by atoms with van der Waals surface area (Å²) in [5.41, 5.74) is 1.39. The third-order valence-electron chi connectivity index (χ3n) is 3.94. The first-order chi connectivity index (χ1) is 14.7. The van der Waals surface area contributed by atoms with Crippen molar-refractivity contribution >= 4 is 49.8 Å². The lowest BCUT2D eigenvalue weighted by Gasteiger charge is -2.09. The Bertz CT molecular complexity index is 1190. The highest BCUT2D eigenvalue weighted by molar-refractivity contribution is 7.89. The van der Waals surface area contributed by atoms with Gasteiger partial charge in [0, 0.05) is 11.1 Å². The van der Waals surface area contributed by atoms with Crippen LogP contribution in [0.15, 0.2) is 58.8 Å². The molecule has 0 aliphatic carbocycles. The molecule has 1 heterocycles. The van der Waals surface area contributed by atoms with Gasteiger partial charge in [0.15, 0.2) is 5.13 Å². The van der Waals surface area contributed by atoms with Gasteiger partial charge >= 0.3 is 6.03 Å². The van der Waals surface area contributed by atoms with Crippen molar-refractivity contribution in [3.63, 3.8) is 0 Å². The normalized spacial score (nSPS) is 10.9. The lowest BCUT2D eigenvalue weighted by molar-refractivity contribution is -0.115. The number of nitrogens with zero attached hydrogens (tertiary/aromatic N) is 1. The van der Waals surface area contributed by atoms with Crippen LogP contribution in [0.2, 0.25) is 0 Å². The minimum atomic E-state index is -3.80. The van der Waals surface area contributed by atoms with Gasteiger partial charge in [0.1, 0.15) is 5.75 Å². The van der Waals surface area contributed by atoms with E-state index in [1.54, 1.807) is 29.6 Å². The number of carbonyl (C=O) groups excluding carboxylic acids is 2. The smallest absolute Gasteiger partial charge is 0.325 e. The summed E-state index contributed by atoms with van der Waals surface area (Å²) < 4.78 is 27.7. The van der Waals surface area contributed by atoms with Crippen molar-refractivity contribution in [1.82, 2.24) is 4.98 Å². The molecule has 0 aliphatic rings. The highest BCUT2D eigenvalue weighted by Gasteiger charge is 2.12. The number of sulfonamides is 1. The van der Waals surface area contributed by atoms with Gasteiger partial charge in [0.2, 0.25) is 15.9 Å². The third kappa shape index (κ3) is 6.25. The maximum absolute atomic E-state index is 12.2. The fourth-order valence-corrected chi connectivity index (χ4v) is 3.76. The van der Waals surface area contributed by atoms with E-state index in [4.69, 9.17) is 9.88 Å². The van der Waals surface area contributed by atoms with Crippen molar-refractivity contribution < 1.29 is 22.7 Å². The van der Waals surface area contributed by atoms with Gasteiger partial charge in [0.05, 0.1) is 29.8 Å². The Kier molecular flexibility index (Phi) is 6.84. The van der Waals surface area contributed by atoms with Gasteiger partial charge in [-0.1, -0.05) is 12.1 Å². The van der Waals surface area contributed by atoms with Gasteiger partial charge in [-0.05, 0) is 36.4 Å². The second kappa shape index (κ2) is 9.55. The lowest BCUT2D eigenvalue weighted by atomic mass is 10.3. The lowest BCUT2D eigenvalue weighted by Crippen LogP contribution is -2.20. The molecule has 0 aliphatic heterocycles. The Balaban J connectivity index is 1.54. The largest absolute Gasteiger partial charge is 0.495 e. The maximum Gasteiger partial charge on any atom is 0.325 e. The predicted molar refractivity (Wildman–Crippen MR) is 118 cm³/mol. The number of carbonyl (C=O) groups is 2. The topological polar surface area (TPSA) is 153 Å². The highest BCUT2D eigenvalue weighted by Crippen LogP contribution is 2.24. The number of methoxy groups -OCH3 is 1. The summed E-state index contributed by atoms with van der Waals surface area (Å²) in [5, 5.41) is 14.9. The van der Waals surface area contributed by atoms with E-state index in [2.05, 4.69) is 20.9 Å². The van der Waals surface area contributed by atoms with E-state index in [1.807, 2.05) is 0 Å². The van der Waals surface area contributed by atoms with Crippen LogP contribution < -0.4 is 25.8 Å². The van der Waals surface area contributed by atoms with Crippen LogP contribution in [0.25, 0.3) is 0 Å². The Morgan fingerprint density at radius 2 is 1.77 bits per heavy atom. The number of nitrogens with one attached hydrogen (secondary N) is 3. The molecule has 0 fully saturated rings. The molecule has 0 saturated carbocycles. The van der Waals surface area contributed by atoms with E-state index >= 15 is 0 Å². The molecule has 1 aromatic heterocycles. The summed E-state index contributed by atoms with van der Waals surface area (Å²) >= 11 is 1.18. The Hall–Kier alpha value is -3.48. The molecule has 0 spiro atoms. The first-order valence-electron chi connectivity index (χ1n) is 8.83. The van der Waals surface area contributed by atoms with Crippen LogP contribution in [0.3, 0.4) is 0 Å². The molecule has 10 nitrogen and oxygen atoms in total. The fourth-order valence-electron chi connectivity index (χ4n) is 2.54. The quantitative estimate of drug-likeness (QED) is 0.424. The number of primary sulfonamides is 1. The molecule has 5 N–H and O–H groups in total. The van der Waals surface area contributed by atoms with E-state index in [-0.39, 0.29) is 17.2 Å². The average molecular weight is 462 g/mol. The van der Waals surface area contributed by atoms with Gasteiger partial charge in [-0.2, -0.15) is 0 Å². The van der Waals surface area contributed by atoms with Crippen molar-refractivity contribution in [1.29, 1.82) is 0 Å². The third-order valence-corrected chi connectivity index (χ3v) is 5.67. The molecule has 3 amide bonds. The van der Waals surface area contributed by atoms with Gasteiger partial charge < -0.3 is 15.4 Å². The number of anilines is 3. The Morgan fingerprint density at radius 3 is 2.45 bits per heavy atom. The molecule has 2 aromatic carbocycles. The molecule has 0 radical (unpaired) electrons. The van der Waals surface area contributed by atoms with Crippen molar-refractivity contribution in [3.05, 3.63) is 59.6 Å². The fraction of sp³-hybridized carbons (Fsp3) is 0.105. The van der Waals surface area contributed by atoms with Crippen LogP contribution in [0.1, 0.15) is 5.69 Å². The summed E-state index contributed by atoms with van der Waals surface area (Å²) in [6.07, 6.45) is -0.0246. The number of nitrogens with two attached hydrogens (primary N) is 1. The number of ether oxygens (including phenoxy) is 1. The molecule has 0 unspecified atom stereocenters. The van der Waals surface area contributed by atoms with E-state index in [1.165, 1.54) is 42.7 Å². The van der Waals surface area contributed by atoms with Gasteiger partial charge in [-0.15, -0.1) is 11.3 Å². The zero-order valence-electron chi connectivity index (χ0n) is 16.3. The first kappa shape index (κ1) is 22.2. The number of amides is 3. The monoisotopic (exact) mass is 461 g/mol. The van der Waals surface area contributed by atoms with E-state index in [0.29, 0.717) is 27.9 Å². The standard InChI is InChI=1S/C19H19N5O5S2/c1-29-16-5-3-2-4-15(16)23-18(26)24-19-22-13(11-30-19)10-17(25)21-12-6-8-14(9-7-12)31(20,27)28/h2-9,11H,10H2,1H3,(H,21,25)(H2,20,27,28)(H2,22,23,24,26). The molecular formula is C19H19N5O5S2. The van der Waals surface area contributed by atoms with Crippen molar-refractivity contribution in [3.8, 4) is 5.75 Å². The average Bonchev–Trinajstić information content (AvgIpc) is 3.14. The number of benzene rings is 2. The molecule has 12 heteroatoms. The van der Waals surface area contributed by atoms with Crippen molar-refractivity contribution in [2.24, 2.45) is 5.14 Å². The van der Waals surface area contributed by atoms with Crippen LogP contribution >= 0.6 is 11.3 Å². The molecule has 162 valence electrons. The highest BCUT2D eigenvalue weighted by atomic mass is 32.2. The van der Waals surface area contributed by atoms with Crippen LogP contribution in [0, 0.1) is 0 Å². The van der Waals surface area contributed by atoms with E-state index < -0.39 is 16.1 Å². The van der Waals surface area contributed by atoms with E-state index in [0.717, 1.165) is 0 Å². The molecule has 3 aromatic rings. The number of rotatable bonds is 7. The van der Waals surface area contributed by atoms with Crippen molar-refractivity contribution in [2.75, 3.05) is 23.1 Å². The second-order valence-electron chi connectivity index (χ2n) is 6.22. The minimum Gasteiger partial charge on any atom is -0.495 e. The number of urea groups is 1. The second-order valence-corrected chi connectivity index (χ2v) is 8.64. The van der Waals surface area contributed by atoms with Crippen LogP contribution in [-0.2, 0) is 21.2 Å². The minimum absolute atomic E-state index is 0.0246. The zero-order chi connectivity index (χ0) is 22.4.